The topological polar surface area (TPSA) is 16.1 Å². The maximum absolute atomic E-state index is 13.3. The molecule has 2 aromatic rings. The Hall–Kier alpha value is -1.90. The van der Waals surface area contributed by atoms with Gasteiger partial charge in [0.1, 0.15) is 5.82 Å². The van der Waals surface area contributed by atoms with Gasteiger partial charge in [-0.25, -0.2) is 4.98 Å². The zero-order valence-electron chi connectivity index (χ0n) is 10.1. The summed E-state index contributed by atoms with van der Waals surface area (Å²) in [5.74, 6) is 0.276. The molecule has 3 rings (SSSR count). The number of aromatic nitrogens is 1. The zero-order valence-corrected chi connectivity index (χ0v) is 10.1. The zero-order chi connectivity index (χ0) is 12.4. The summed E-state index contributed by atoms with van der Waals surface area (Å²) in [7, 11) is 0. The van der Waals surface area contributed by atoms with Crippen molar-refractivity contribution >= 4 is 11.5 Å². The third kappa shape index (κ3) is 2.08. The van der Waals surface area contributed by atoms with Crippen LogP contribution in [0.4, 0.5) is 15.9 Å². The number of anilines is 2. The molecule has 0 saturated heterocycles. The van der Waals surface area contributed by atoms with Gasteiger partial charge in [0.2, 0.25) is 5.95 Å². The van der Waals surface area contributed by atoms with E-state index in [0.717, 1.165) is 25.1 Å². The van der Waals surface area contributed by atoms with Gasteiger partial charge >= 0.3 is 0 Å². The van der Waals surface area contributed by atoms with E-state index in [1.165, 1.54) is 18.1 Å². The Bertz CT molecular complexity index is 554. The minimum absolute atomic E-state index is 0.422. The lowest BCUT2D eigenvalue weighted by Gasteiger charge is -2.23. The molecule has 0 unspecified atom stereocenters. The smallest absolute Gasteiger partial charge is 0.214 e. The quantitative estimate of drug-likeness (QED) is 0.709. The summed E-state index contributed by atoms with van der Waals surface area (Å²) in [6.07, 6.45) is 3.36. The molecule has 0 N–H and O–H groups in total. The monoisotopic (exact) mass is 242 g/mol. The van der Waals surface area contributed by atoms with Gasteiger partial charge in [-0.15, -0.1) is 0 Å². The van der Waals surface area contributed by atoms with E-state index in [9.17, 15) is 4.39 Å². The number of pyridine rings is 1. The molecule has 0 fully saturated rings. The standard InChI is InChI=1S/C15H15FN2/c16-14-9-5-10-15(17-14)18-11-4-3-7-12-6-1-2-8-13(12)18/h1-2,5-6,8-10H,3-4,7,11H2. The summed E-state index contributed by atoms with van der Waals surface area (Å²) < 4.78 is 13.3. The molecule has 18 heavy (non-hydrogen) atoms. The molecule has 0 atom stereocenters. The number of hydrogen-bond donors (Lipinski definition) is 0. The highest BCUT2D eigenvalue weighted by atomic mass is 19.1. The van der Waals surface area contributed by atoms with E-state index >= 15 is 0 Å². The third-order valence-corrected chi connectivity index (χ3v) is 3.34. The van der Waals surface area contributed by atoms with Crippen molar-refractivity contribution in [3.05, 3.63) is 54.0 Å². The summed E-state index contributed by atoms with van der Waals surface area (Å²) in [5, 5.41) is 0. The Morgan fingerprint density at radius 3 is 2.78 bits per heavy atom. The van der Waals surface area contributed by atoms with Gasteiger partial charge in [0.15, 0.2) is 0 Å². The number of hydrogen-bond acceptors (Lipinski definition) is 2. The second kappa shape index (κ2) is 4.77. The lowest BCUT2D eigenvalue weighted by atomic mass is 10.1. The molecule has 0 spiro atoms. The van der Waals surface area contributed by atoms with Crippen LogP contribution in [0.25, 0.3) is 0 Å². The van der Waals surface area contributed by atoms with Gasteiger partial charge in [-0.1, -0.05) is 24.3 Å². The van der Waals surface area contributed by atoms with Crippen molar-refractivity contribution in [2.45, 2.75) is 19.3 Å². The molecule has 0 bridgehead atoms. The van der Waals surface area contributed by atoms with Crippen LogP contribution >= 0.6 is 0 Å². The highest BCUT2D eigenvalue weighted by molar-refractivity contribution is 5.64. The minimum atomic E-state index is -0.422. The lowest BCUT2D eigenvalue weighted by molar-refractivity contribution is 0.583. The molecule has 1 aliphatic rings. The fourth-order valence-electron chi connectivity index (χ4n) is 2.48. The first-order chi connectivity index (χ1) is 8.84. The Balaban J connectivity index is 2.06. The van der Waals surface area contributed by atoms with Crippen molar-refractivity contribution in [2.24, 2.45) is 0 Å². The van der Waals surface area contributed by atoms with Crippen molar-refractivity contribution in [3.8, 4) is 0 Å². The van der Waals surface area contributed by atoms with E-state index in [1.807, 2.05) is 12.1 Å². The molecule has 2 nitrogen and oxygen atoms in total. The molecule has 1 aliphatic heterocycles. The fraction of sp³-hybridized carbons (Fsp3) is 0.267. The normalized spacial score (nSPS) is 15.1. The average molecular weight is 242 g/mol. The van der Waals surface area contributed by atoms with Crippen LogP contribution in [0.3, 0.4) is 0 Å². The average Bonchev–Trinajstić information content (AvgIpc) is 2.61. The van der Waals surface area contributed by atoms with Crippen molar-refractivity contribution < 1.29 is 4.39 Å². The molecule has 0 radical (unpaired) electrons. The second-order valence-corrected chi connectivity index (χ2v) is 4.56. The molecular weight excluding hydrogens is 227 g/mol. The van der Waals surface area contributed by atoms with Crippen LogP contribution in [0.1, 0.15) is 18.4 Å². The van der Waals surface area contributed by atoms with Gasteiger partial charge in [-0.3, -0.25) is 0 Å². The van der Waals surface area contributed by atoms with Crippen LogP contribution in [0, 0.1) is 5.95 Å². The van der Waals surface area contributed by atoms with Gasteiger partial charge in [-0.2, -0.15) is 4.39 Å². The summed E-state index contributed by atoms with van der Waals surface area (Å²) >= 11 is 0. The van der Waals surface area contributed by atoms with Gasteiger partial charge < -0.3 is 4.90 Å². The van der Waals surface area contributed by atoms with E-state index in [1.54, 1.807) is 6.07 Å². The van der Waals surface area contributed by atoms with E-state index in [2.05, 4.69) is 28.1 Å². The van der Waals surface area contributed by atoms with Crippen LogP contribution in [0.2, 0.25) is 0 Å². The van der Waals surface area contributed by atoms with E-state index in [0.29, 0.717) is 5.82 Å². The highest BCUT2D eigenvalue weighted by Gasteiger charge is 2.17. The van der Waals surface area contributed by atoms with Crippen LogP contribution in [0.5, 0.6) is 0 Å². The molecule has 0 amide bonds. The predicted molar refractivity (Wildman–Crippen MR) is 70.6 cm³/mol. The van der Waals surface area contributed by atoms with Crippen LogP contribution in [-0.4, -0.2) is 11.5 Å². The highest BCUT2D eigenvalue weighted by Crippen LogP contribution is 2.31. The van der Waals surface area contributed by atoms with Crippen LogP contribution < -0.4 is 4.90 Å². The molecule has 3 heteroatoms. The van der Waals surface area contributed by atoms with Gasteiger partial charge in [0.25, 0.3) is 0 Å². The summed E-state index contributed by atoms with van der Waals surface area (Å²) in [6.45, 7) is 0.896. The first-order valence-corrected chi connectivity index (χ1v) is 6.32. The molecule has 92 valence electrons. The molecule has 1 aromatic carbocycles. The minimum Gasteiger partial charge on any atom is -0.326 e. The molecule has 0 aliphatic carbocycles. The number of fused-ring (bicyclic) bond motifs is 1. The van der Waals surface area contributed by atoms with Crippen LogP contribution in [-0.2, 0) is 6.42 Å². The number of nitrogens with zero attached hydrogens (tertiary/aromatic N) is 2. The number of rotatable bonds is 1. The Kier molecular flexibility index (Phi) is 2.97. The van der Waals surface area contributed by atoms with Crippen LogP contribution in [0.15, 0.2) is 42.5 Å². The molecule has 0 saturated carbocycles. The van der Waals surface area contributed by atoms with Gasteiger partial charge in [0.05, 0.1) is 0 Å². The predicted octanol–water partition coefficient (Wildman–Crippen LogP) is 3.70. The van der Waals surface area contributed by atoms with Crippen molar-refractivity contribution in [1.29, 1.82) is 0 Å². The number of aryl methyl sites for hydroxylation is 1. The Morgan fingerprint density at radius 2 is 1.89 bits per heavy atom. The van der Waals surface area contributed by atoms with E-state index < -0.39 is 5.95 Å². The molecule has 1 aromatic heterocycles. The first-order valence-electron chi connectivity index (χ1n) is 6.32. The summed E-state index contributed by atoms with van der Waals surface area (Å²) in [5.41, 5.74) is 2.48. The summed E-state index contributed by atoms with van der Waals surface area (Å²) in [4.78, 5) is 6.11. The number of benzene rings is 1. The van der Waals surface area contributed by atoms with E-state index in [-0.39, 0.29) is 0 Å². The Morgan fingerprint density at radius 1 is 1.00 bits per heavy atom. The van der Waals surface area contributed by atoms with Gasteiger partial charge in [0, 0.05) is 12.2 Å². The van der Waals surface area contributed by atoms with E-state index in [4.69, 9.17) is 0 Å². The lowest BCUT2D eigenvalue weighted by Crippen LogP contribution is -2.19. The second-order valence-electron chi connectivity index (χ2n) is 4.56. The van der Waals surface area contributed by atoms with Crippen molar-refractivity contribution in [1.82, 2.24) is 4.98 Å². The molecule has 2 heterocycles. The largest absolute Gasteiger partial charge is 0.326 e. The number of para-hydroxylation sites is 1. The Labute approximate surface area is 106 Å². The molecular formula is C15H15FN2. The SMILES string of the molecule is Fc1cccc(N2CCCCc3ccccc32)n1. The van der Waals surface area contributed by atoms with Gasteiger partial charge in [-0.05, 0) is 43.0 Å². The summed E-state index contributed by atoms with van der Waals surface area (Å²) in [6, 6.07) is 13.3. The number of halogens is 1. The van der Waals surface area contributed by atoms with Crippen molar-refractivity contribution in [3.63, 3.8) is 0 Å². The maximum Gasteiger partial charge on any atom is 0.214 e. The van der Waals surface area contributed by atoms with Crippen molar-refractivity contribution in [2.75, 3.05) is 11.4 Å². The fourth-order valence-corrected chi connectivity index (χ4v) is 2.48. The maximum atomic E-state index is 13.3. The first kappa shape index (κ1) is 11.2. The third-order valence-electron chi connectivity index (χ3n) is 3.34.